The van der Waals surface area contributed by atoms with E-state index in [4.69, 9.17) is 5.73 Å². The van der Waals surface area contributed by atoms with Crippen molar-refractivity contribution in [1.82, 2.24) is 5.32 Å². The summed E-state index contributed by atoms with van der Waals surface area (Å²) in [5.41, 5.74) is 7.77. The lowest BCUT2D eigenvalue weighted by Gasteiger charge is -2.17. The molecule has 0 spiro atoms. The fourth-order valence-corrected chi connectivity index (χ4v) is 2.85. The maximum atomic E-state index is 12.3. The van der Waals surface area contributed by atoms with E-state index in [-0.39, 0.29) is 11.4 Å². The number of hydrogen-bond donors (Lipinski definition) is 2. The molecule has 0 saturated heterocycles. The maximum absolute atomic E-state index is 12.3. The molecule has 0 bridgehead atoms. The summed E-state index contributed by atoms with van der Waals surface area (Å²) < 4.78 is 0. The van der Waals surface area contributed by atoms with Gasteiger partial charge in [0.05, 0.1) is 0 Å². The Kier molecular flexibility index (Phi) is 2.86. The summed E-state index contributed by atoms with van der Waals surface area (Å²) in [4.78, 5) is 12.3. The first-order valence-corrected chi connectivity index (χ1v) is 6.88. The van der Waals surface area contributed by atoms with Gasteiger partial charge in [-0.15, -0.1) is 0 Å². The zero-order valence-electron chi connectivity index (χ0n) is 10.6. The van der Waals surface area contributed by atoms with E-state index in [0.29, 0.717) is 6.04 Å². The summed E-state index contributed by atoms with van der Waals surface area (Å²) in [6, 6.07) is 8.13. The van der Waals surface area contributed by atoms with Crippen LogP contribution in [-0.2, 0) is 5.54 Å². The van der Waals surface area contributed by atoms with Gasteiger partial charge in [-0.1, -0.05) is 31.0 Å². The van der Waals surface area contributed by atoms with Crippen LogP contribution in [0.1, 0.15) is 54.4 Å². The second-order valence-electron chi connectivity index (χ2n) is 5.66. The van der Waals surface area contributed by atoms with E-state index >= 15 is 0 Å². The lowest BCUT2D eigenvalue weighted by atomic mass is 9.98. The first-order chi connectivity index (χ1) is 8.69. The predicted molar refractivity (Wildman–Crippen MR) is 71.3 cm³/mol. The molecule has 3 heteroatoms. The van der Waals surface area contributed by atoms with Crippen LogP contribution in [0.5, 0.6) is 0 Å². The molecule has 2 fully saturated rings. The van der Waals surface area contributed by atoms with Crippen LogP contribution in [0.15, 0.2) is 24.3 Å². The quantitative estimate of drug-likeness (QED) is 0.857. The molecule has 1 aromatic carbocycles. The lowest BCUT2D eigenvalue weighted by Crippen LogP contribution is -2.34. The van der Waals surface area contributed by atoms with Gasteiger partial charge in [0, 0.05) is 17.1 Å². The highest BCUT2D eigenvalue weighted by molar-refractivity contribution is 5.96. The van der Waals surface area contributed by atoms with Crippen molar-refractivity contribution in [2.75, 3.05) is 0 Å². The normalized spacial score (nSPS) is 21.8. The summed E-state index contributed by atoms with van der Waals surface area (Å²) in [7, 11) is 0. The standard InChI is InChI=1S/C15H20N2O/c16-15(9-10-15)13-8-4-3-7-12(13)14(18)17-11-5-1-2-6-11/h3-4,7-8,11H,1-2,5-6,9-10,16H2,(H,17,18). The van der Waals surface area contributed by atoms with E-state index in [1.807, 2.05) is 24.3 Å². The Morgan fingerprint density at radius 1 is 1.22 bits per heavy atom. The summed E-state index contributed by atoms with van der Waals surface area (Å²) in [6.07, 6.45) is 6.66. The number of amides is 1. The zero-order chi connectivity index (χ0) is 12.6. The van der Waals surface area contributed by atoms with Crippen LogP contribution in [-0.4, -0.2) is 11.9 Å². The second-order valence-corrected chi connectivity index (χ2v) is 5.66. The largest absolute Gasteiger partial charge is 0.349 e. The van der Waals surface area contributed by atoms with Crippen molar-refractivity contribution in [3.8, 4) is 0 Å². The Balaban J connectivity index is 1.80. The number of rotatable bonds is 3. The van der Waals surface area contributed by atoms with Gasteiger partial charge in [-0.05, 0) is 37.3 Å². The number of hydrogen-bond acceptors (Lipinski definition) is 2. The molecule has 96 valence electrons. The van der Waals surface area contributed by atoms with Crippen LogP contribution < -0.4 is 11.1 Å². The average Bonchev–Trinajstić information content (AvgIpc) is 2.93. The first kappa shape index (κ1) is 11.7. The molecule has 0 aliphatic heterocycles. The van der Waals surface area contributed by atoms with Crippen LogP contribution in [0.25, 0.3) is 0 Å². The molecular formula is C15H20N2O. The molecular weight excluding hydrogens is 224 g/mol. The molecule has 0 atom stereocenters. The van der Waals surface area contributed by atoms with Gasteiger partial charge in [0.2, 0.25) is 0 Å². The van der Waals surface area contributed by atoms with Gasteiger partial charge in [-0.3, -0.25) is 4.79 Å². The molecule has 3 nitrogen and oxygen atoms in total. The van der Waals surface area contributed by atoms with Gasteiger partial charge >= 0.3 is 0 Å². The molecule has 0 heterocycles. The van der Waals surface area contributed by atoms with E-state index in [0.717, 1.165) is 36.8 Å². The molecule has 2 saturated carbocycles. The van der Waals surface area contributed by atoms with Gasteiger partial charge in [-0.2, -0.15) is 0 Å². The minimum Gasteiger partial charge on any atom is -0.349 e. The van der Waals surface area contributed by atoms with Gasteiger partial charge in [0.1, 0.15) is 0 Å². The first-order valence-electron chi connectivity index (χ1n) is 6.88. The molecule has 0 radical (unpaired) electrons. The highest BCUT2D eigenvalue weighted by Crippen LogP contribution is 2.44. The Morgan fingerprint density at radius 3 is 2.56 bits per heavy atom. The molecule has 3 N–H and O–H groups in total. The van der Waals surface area contributed by atoms with E-state index in [1.54, 1.807) is 0 Å². The van der Waals surface area contributed by atoms with Crippen molar-refractivity contribution in [3.05, 3.63) is 35.4 Å². The van der Waals surface area contributed by atoms with Crippen LogP contribution in [0, 0.1) is 0 Å². The Hall–Kier alpha value is -1.35. The van der Waals surface area contributed by atoms with Gasteiger partial charge in [-0.25, -0.2) is 0 Å². The van der Waals surface area contributed by atoms with Crippen LogP contribution in [0.4, 0.5) is 0 Å². The third-order valence-electron chi connectivity index (χ3n) is 4.19. The summed E-state index contributed by atoms with van der Waals surface area (Å²) in [6.45, 7) is 0. The van der Waals surface area contributed by atoms with Gasteiger partial charge in [0.25, 0.3) is 5.91 Å². The van der Waals surface area contributed by atoms with Crippen LogP contribution >= 0.6 is 0 Å². The fraction of sp³-hybridized carbons (Fsp3) is 0.533. The highest BCUT2D eigenvalue weighted by atomic mass is 16.1. The van der Waals surface area contributed by atoms with Crippen molar-refractivity contribution < 1.29 is 4.79 Å². The number of benzene rings is 1. The molecule has 1 aromatic rings. The van der Waals surface area contributed by atoms with Crippen molar-refractivity contribution in [3.63, 3.8) is 0 Å². The topological polar surface area (TPSA) is 55.1 Å². The highest BCUT2D eigenvalue weighted by Gasteiger charge is 2.42. The van der Waals surface area contributed by atoms with Crippen molar-refractivity contribution in [2.45, 2.75) is 50.1 Å². The molecule has 0 aromatic heterocycles. The van der Waals surface area contributed by atoms with E-state index < -0.39 is 0 Å². The minimum absolute atomic E-state index is 0.0502. The Labute approximate surface area is 108 Å². The summed E-state index contributed by atoms with van der Waals surface area (Å²) in [5, 5.41) is 3.14. The van der Waals surface area contributed by atoms with Gasteiger partial charge < -0.3 is 11.1 Å². The monoisotopic (exact) mass is 244 g/mol. The van der Waals surface area contributed by atoms with E-state index in [2.05, 4.69) is 5.32 Å². The number of nitrogens with two attached hydrogens (primary N) is 1. The smallest absolute Gasteiger partial charge is 0.251 e. The van der Waals surface area contributed by atoms with Crippen LogP contribution in [0.3, 0.4) is 0 Å². The minimum atomic E-state index is -0.246. The van der Waals surface area contributed by atoms with Crippen molar-refractivity contribution in [2.24, 2.45) is 5.73 Å². The second kappa shape index (κ2) is 4.39. The zero-order valence-corrected chi connectivity index (χ0v) is 10.6. The molecule has 18 heavy (non-hydrogen) atoms. The van der Waals surface area contributed by atoms with E-state index in [1.165, 1.54) is 12.8 Å². The van der Waals surface area contributed by atoms with Gasteiger partial charge in [0.15, 0.2) is 0 Å². The number of carbonyl (C=O) groups is 1. The number of nitrogens with one attached hydrogen (secondary N) is 1. The van der Waals surface area contributed by atoms with Crippen molar-refractivity contribution in [1.29, 1.82) is 0 Å². The SMILES string of the molecule is NC1(c2ccccc2C(=O)NC2CCCC2)CC1. The third-order valence-corrected chi connectivity index (χ3v) is 4.19. The Morgan fingerprint density at radius 2 is 1.89 bits per heavy atom. The molecule has 2 aliphatic carbocycles. The lowest BCUT2D eigenvalue weighted by molar-refractivity contribution is 0.0936. The fourth-order valence-electron chi connectivity index (χ4n) is 2.85. The summed E-state index contributed by atoms with van der Waals surface area (Å²) >= 11 is 0. The average molecular weight is 244 g/mol. The molecule has 3 rings (SSSR count). The number of carbonyl (C=O) groups excluding carboxylic acids is 1. The van der Waals surface area contributed by atoms with Crippen molar-refractivity contribution >= 4 is 5.91 Å². The Bertz CT molecular complexity index is 459. The molecule has 0 unspecified atom stereocenters. The van der Waals surface area contributed by atoms with Crippen LogP contribution in [0.2, 0.25) is 0 Å². The molecule has 2 aliphatic rings. The van der Waals surface area contributed by atoms with E-state index in [9.17, 15) is 4.79 Å². The maximum Gasteiger partial charge on any atom is 0.251 e. The molecule has 1 amide bonds. The third kappa shape index (κ3) is 2.15. The summed E-state index contributed by atoms with van der Waals surface area (Å²) in [5.74, 6) is 0.0502. The predicted octanol–water partition coefficient (Wildman–Crippen LogP) is 2.31.